The van der Waals surface area contributed by atoms with Crippen LogP contribution in [-0.4, -0.2) is 15.3 Å². The summed E-state index contributed by atoms with van der Waals surface area (Å²) in [5.41, 5.74) is 4.33. The SMILES string of the molecule is Cc1cccn2cc(COc3ccc(C(=O)NCc4ccccc4Cl)cc3)nc12. The van der Waals surface area contributed by atoms with Crippen LogP contribution in [-0.2, 0) is 13.2 Å². The maximum Gasteiger partial charge on any atom is 0.251 e. The monoisotopic (exact) mass is 405 g/mol. The molecule has 2 heterocycles. The topological polar surface area (TPSA) is 55.6 Å². The van der Waals surface area contributed by atoms with Crippen molar-refractivity contribution < 1.29 is 9.53 Å². The molecule has 0 saturated heterocycles. The van der Waals surface area contributed by atoms with Gasteiger partial charge in [0.1, 0.15) is 18.0 Å². The van der Waals surface area contributed by atoms with Crippen LogP contribution in [0.3, 0.4) is 0 Å². The lowest BCUT2D eigenvalue weighted by molar-refractivity contribution is 0.0951. The number of carbonyl (C=O) groups excluding carboxylic acids is 1. The van der Waals surface area contributed by atoms with Crippen molar-refractivity contribution in [3.05, 3.63) is 100 Å². The number of hydrogen-bond donors (Lipinski definition) is 1. The minimum Gasteiger partial charge on any atom is -0.487 e. The zero-order valence-electron chi connectivity index (χ0n) is 15.9. The smallest absolute Gasteiger partial charge is 0.251 e. The van der Waals surface area contributed by atoms with Gasteiger partial charge in [-0.15, -0.1) is 0 Å². The number of ether oxygens (including phenoxy) is 1. The van der Waals surface area contributed by atoms with Gasteiger partial charge in [-0.2, -0.15) is 0 Å². The third-order valence-electron chi connectivity index (χ3n) is 4.63. The molecule has 0 saturated carbocycles. The lowest BCUT2D eigenvalue weighted by atomic mass is 10.2. The molecule has 4 rings (SSSR count). The van der Waals surface area contributed by atoms with Crippen LogP contribution >= 0.6 is 11.6 Å². The molecule has 4 aromatic rings. The first-order valence-electron chi connectivity index (χ1n) is 9.28. The van der Waals surface area contributed by atoms with Gasteiger partial charge in [-0.05, 0) is 54.4 Å². The molecule has 146 valence electrons. The number of nitrogens with one attached hydrogen (secondary N) is 1. The normalized spacial score (nSPS) is 10.8. The van der Waals surface area contributed by atoms with Crippen LogP contribution in [0.5, 0.6) is 5.75 Å². The quantitative estimate of drug-likeness (QED) is 0.501. The Balaban J connectivity index is 1.35. The van der Waals surface area contributed by atoms with Crippen LogP contribution < -0.4 is 10.1 Å². The summed E-state index contributed by atoms with van der Waals surface area (Å²) in [7, 11) is 0. The van der Waals surface area contributed by atoms with E-state index in [9.17, 15) is 4.79 Å². The summed E-state index contributed by atoms with van der Waals surface area (Å²) in [4.78, 5) is 16.9. The highest BCUT2D eigenvalue weighted by molar-refractivity contribution is 6.31. The number of fused-ring (bicyclic) bond motifs is 1. The highest BCUT2D eigenvalue weighted by atomic mass is 35.5. The number of carbonyl (C=O) groups is 1. The molecule has 29 heavy (non-hydrogen) atoms. The van der Waals surface area contributed by atoms with Crippen LogP contribution in [0, 0.1) is 6.92 Å². The van der Waals surface area contributed by atoms with Crippen LogP contribution in [0.1, 0.15) is 27.2 Å². The van der Waals surface area contributed by atoms with Gasteiger partial charge in [0, 0.05) is 29.5 Å². The van der Waals surface area contributed by atoms with Gasteiger partial charge in [0.05, 0.1) is 5.69 Å². The van der Waals surface area contributed by atoms with Crippen molar-refractivity contribution in [3.63, 3.8) is 0 Å². The van der Waals surface area contributed by atoms with Gasteiger partial charge in [-0.3, -0.25) is 4.79 Å². The fraction of sp³-hybridized carbons (Fsp3) is 0.130. The molecule has 0 unspecified atom stereocenters. The first-order valence-corrected chi connectivity index (χ1v) is 9.65. The molecule has 0 spiro atoms. The molecule has 0 atom stereocenters. The molecule has 0 aliphatic rings. The van der Waals surface area contributed by atoms with Gasteiger partial charge in [0.2, 0.25) is 0 Å². The summed E-state index contributed by atoms with van der Waals surface area (Å²) >= 11 is 6.12. The minimum atomic E-state index is -0.160. The standard InChI is InChI=1S/C23H20ClN3O2/c1-16-5-4-12-27-14-19(26-22(16)27)15-29-20-10-8-17(9-11-20)23(28)25-13-18-6-2-3-7-21(18)24/h2-12,14H,13,15H2,1H3,(H,25,28). The molecule has 0 radical (unpaired) electrons. The van der Waals surface area contributed by atoms with Crippen molar-refractivity contribution in [2.24, 2.45) is 0 Å². The second kappa shape index (κ2) is 8.37. The largest absolute Gasteiger partial charge is 0.487 e. The number of amides is 1. The van der Waals surface area contributed by atoms with Crippen molar-refractivity contribution in [2.45, 2.75) is 20.1 Å². The highest BCUT2D eigenvalue weighted by Crippen LogP contribution is 2.17. The lowest BCUT2D eigenvalue weighted by Crippen LogP contribution is -2.22. The van der Waals surface area contributed by atoms with Crippen molar-refractivity contribution >= 4 is 23.2 Å². The van der Waals surface area contributed by atoms with Crippen molar-refractivity contribution in [3.8, 4) is 5.75 Å². The van der Waals surface area contributed by atoms with E-state index in [1.807, 2.05) is 54.0 Å². The molecule has 5 nitrogen and oxygen atoms in total. The van der Waals surface area contributed by atoms with E-state index in [0.29, 0.717) is 29.5 Å². The molecule has 1 amide bonds. The third-order valence-corrected chi connectivity index (χ3v) is 5.00. The third kappa shape index (κ3) is 4.41. The summed E-state index contributed by atoms with van der Waals surface area (Å²) in [6.45, 7) is 2.77. The van der Waals surface area contributed by atoms with Crippen molar-refractivity contribution in [1.29, 1.82) is 0 Å². The number of hydrogen-bond acceptors (Lipinski definition) is 3. The number of halogens is 1. The molecule has 0 bridgehead atoms. The van der Waals surface area contributed by atoms with Gasteiger partial charge in [-0.25, -0.2) is 4.98 Å². The van der Waals surface area contributed by atoms with Gasteiger partial charge in [0.25, 0.3) is 5.91 Å². The molecule has 1 N–H and O–H groups in total. The first kappa shape index (κ1) is 19.0. The van der Waals surface area contributed by atoms with Gasteiger partial charge >= 0.3 is 0 Å². The average Bonchev–Trinajstić information content (AvgIpc) is 3.16. The average molecular weight is 406 g/mol. The van der Waals surface area contributed by atoms with Crippen LogP contribution in [0.4, 0.5) is 0 Å². The van der Waals surface area contributed by atoms with Crippen LogP contribution in [0.2, 0.25) is 5.02 Å². The van der Waals surface area contributed by atoms with E-state index in [1.165, 1.54) is 0 Å². The van der Waals surface area contributed by atoms with E-state index in [4.69, 9.17) is 16.3 Å². The van der Waals surface area contributed by atoms with E-state index < -0.39 is 0 Å². The molecule has 2 aromatic heterocycles. The van der Waals surface area contributed by atoms with Crippen LogP contribution in [0.25, 0.3) is 5.65 Å². The number of imidazole rings is 1. The fourth-order valence-corrected chi connectivity index (χ4v) is 3.26. The van der Waals surface area contributed by atoms with E-state index >= 15 is 0 Å². The maximum atomic E-state index is 12.3. The Morgan fingerprint density at radius 3 is 2.66 bits per heavy atom. The van der Waals surface area contributed by atoms with Crippen molar-refractivity contribution in [2.75, 3.05) is 0 Å². The maximum absolute atomic E-state index is 12.3. The number of nitrogens with zero attached hydrogens (tertiary/aromatic N) is 2. The van der Waals surface area contributed by atoms with E-state index in [0.717, 1.165) is 22.5 Å². The molecular formula is C23H20ClN3O2. The summed E-state index contributed by atoms with van der Waals surface area (Å²) < 4.78 is 7.80. The minimum absolute atomic E-state index is 0.160. The molecule has 0 aliphatic heterocycles. The number of pyridine rings is 1. The Bertz CT molecular complexity index is 1150. The zero-order valence-corrected chi connectivity index (χ0v) is 16.7. The Morgan fingerprint density at radius 2 is 1.90 bits per heavy atom. The zero-order chi connectivity index (χ0) is 20.2. The predicted molar refractivity (Wildman–Crippen MR) is 113 cm³/mol. The second-order valence-corrected chi connectivity index (χ2v) is 7.15. The Kier molecular flexibility index (Phi) is 5.49. The lowest BCUT2D eigenvalue weighted by Gasteiger charge is -2.08. The van der Waals surface area contributed by atoms with Crippen molar-refractivity contribution in [1.82, 2.24) is 14.7 Å². The predicted octanol–water partition coefficient (Wildman–Crippen LogP) is 4.81. The van der Waals surface area contributed by atoms with E-state index in [2.05, 4.69) is 10.3 Å². The van der Waals surface area contributed by atoms with E-state index in [-0.39, 0.29) is 5.91 Å². The fourth-order valence-electron chi connectivity index (χ4n) is 3.05. The van der Waals surface area contributed by atoms with Gasteiger partial charge in [-0.1, -0.05) is 35.9 Å². The highest BCUT2D eigenvalue weighted by Gasteiger charge is 2.08. The Hall–Kier alpha value is -3.31. The summed E-state index contributed by atoms with van der Waals surface area (Å²) in [6, 6.07) is 18.5. The first-order chi connectivity index (χ1) is 14.1. The van der Waals surface area contributed by atoms with Gasteiger partial charge < -0.3 is 14.5 Å². The van der Waals surface area contributed by atoms with E-state index in [1.54, 1.807) is 30.3 Å². The molecule has 6 heteroatoms. The Morgan fingerprint density at radius 1 is 1.10 bits per heavy atom. The number of benzene rings is 2. The molecule has 0 aliphatic carbocycles. The summed E-state index contributed by atoms with van der Waals surface area (Å²) in [5.74, 6) is 0.522. The molecule has 2 aromatic carbocycles. The number of aromatic nitrogens is 2. The number of rotatable bonds is 6. The van der Waals surface area contributed by atoms with Crippen LogP contribution in [0.15, 0.2) is 73.1 Å². The Labute approximate surface area is 173 Å². The summed E-state index contributed by atoms with van der Waals surface area (Å²) in [5, 5.41) is 3.51. The number of aryl methyl sites for hydroxylation is 1. The molecular weight excluding hydrogens is 386 g/mol. The van der Waals surface area contributed by atoms with Gasteiger partial charge in [0.15, 0.2) is 0 Å². The second-order valence-electron chi connectivity index (χ2n) is 6.74. The summed E-state index contributed by atoms with van der Waals surface area (Å²) in [6.07, 6.45) is 3.92. The molecule has 0 fully saturated rings.